The van der Waals surface area contributed by atoms with E-state index in [1.807, 2.05) is 78.5 Å². The first-order chi connectivity index (χ1) is 16.2. The molecule has 2 aromatic carbocycles. The highest BCUT2D eigenvalue weighted by atomic mass is 16.5. The molecule has 7 nitrogen and oxygen atoms in total. The van der Waals surface area contributed by atoms with Crippen molar-refractivity contribution in [1.29, 1.82) is 0 Å². The second kappa shape index (κ2) is 9.24. The van der Waals surface area contributed by atoms with E-state index in [0.717, 1.165) is 41.2 Å². The van der Waals surface area contributed by atoms with Crippen LogP contribution in [0, 0.1) is 0 Å². The molecular weight excluding hydrogens is 414 g/mol. The van der Waals surface area contributed by atoms with Crippen molar-refractivity contribution in [3.05, 3.63) is 95.8 Å². The number of hydrogen-bond acceptors (Lipinski definition) is 5. The molecule has 166 valence electrons. The van der Waals surface area contributed by atoms with Crippen LogP contribution in [0.5, 0.6) is 5.88 Å². The number of carbonyl (C=O) groups is 1. The first-order valence-corrected chi connectivity index (χ1v) is 11.1. The van der Waals surface area contributed by atoms with Crippen molar-refractivity contribution in [3.8, 4) is 17.1 Å². The molecule has 0 spiro atoms. The summed E-state index contributed by atoms with van der Waals surface area (Å²) in [6.45, 7) is 0.591. The summed E-state index contributed by atoms with van der Waals surface area (Å²) in [6, 6.07) is 19.8. The third-order valence-electron chi connectivity index (χ3n) is 5.64. The molecule has 5 rings (SSSR count). The number of ether oxygens (including phenoxy) is 1. The van der Waals surface area contributed by atoms with Crippen LogP contribution in [0.1, 0.15) is 46.3 Å². The van der Waals surface area contributed by atoms with Crippen LogP contribution in [0.4, 0.5) is 0 Å². The lowest BCUT2D eigenvalue weighted by atomic mass is 10.2. The van der Waals surface area contributed by atoms with Crippen LogP contribution in [0.3, 0.4) is 0 Å². The smallest absolute Gasteiger partial charge is 0.275 e. The summed E-state index contributed by atoms with van der Waals surface area (Å²) >= 11 is 0. The van der Waals surface area contributed by atoms with Gasteiger partial charge in [0.15, 0.2) is 5.69 Å². The maximum absolute atomic E-state index is 13.0. The molecule has 1 amide bonds. The van der Waals surface area contributed by atoms with Crippen LogP contribution < -0.4 is 10.1 Å². The summed E-state index contributed by atoms with van der Waals surface area (Å²) in [5.41, 5.74) is 3.98. The highest BCUT2D eigenvalue weighted by molar-refractivity contribution is 5.94. The molecule has 0 saturated heterocycles. The van der Waals surface area contributed by atoms with Crippen LogP contribution >= 0.6 is 0 Å². The molecule has 0 aliphatic heterocycles. The first kappa shape index (κ1) is 20.9. The highest BCUT2D eigenvalue weighted by Gasteiger charge is 2.28. The van der Waals surface area contributed by atoms with E-state index in [1.54, 1.807) is 6.20 Å². The predicted molar refractivity (Wildman–Crippen MR) is 125 cm³/mol. The maximum atomic E-state index is 13.0. The number of aryl methyl sites for hydroxylation is 1. The highest BCUT2D eigenvalue weighted by Crippen LogP contribution is 2.39. The van der Waals surface area contributed by atoms with Gasteiger partial charge in [-0.05, 0) is 18.4 Å². The molecule has 1 N–H and O–H groups in total. The van der Waals surface area contributed by atoms with Gasteiger partial charge in [-0.2, -0.15) is 0 Å². The van der Waals surface area contributed by atoms with Crippen molar-refractivity contribution < 1.29 is 9.53 Å². The molecule has 1 fully saturated rings. The zero-order valence-corrected chi connectivity index (χ0v) is 18.4. The van der Waals surface area contributed by atoms with Gasteiger partial charge in [0.1, 0.15) is 12.4 Å². The Morgan fingerprint density at radius 2 is 1.79 bits per heavy atom. The van der Waals surface area contributed by atoms with E-state index < -0.39 is 0 Å². The quantitative estimate of drug-likeness (QED) is 0.444. The zero-order chi connectivity index (χ0) is 22.6. The van der Waals surface area contributed by atoms with Gasteiger partial charge in [0.05, 0.1) is 17.6 Å². The minimum atomic E-state index is -0.298. The Morgan fingerprint density at radius 3 is 2.52 bits per heavy atom. The second-order valence-electron chi connectivity index (χ2n) is 8.20. The van der Waals surface area contributed by atoms with E-state index in [2.05, 4.69) is 15.3 Å². The lowest BCUT2D eigenvalue weighted by Gasteiger charge is -2.11. The number of rotatable bonds is 8. The van der Waals surface area contributed by atoms with Gasteiger partial charge in [-0.1, -0.05) is 60.7 Å². The van der Waals surface area contributed by atoms with Gasteiger partial charge in [0.25, 0.3) is 5.91 Å². The number of imidazole rings is 1. The van der Waals surface area contributed by atoms with Crippen LogP contribution in [0.15, 0.2) is 73.1 Å². The monoisotopic (exact) mass is 439 g/mol. The van der Waals surface area contributed by atoms with Gasteiger partial charge in [0.2, 0.25) is 5.88 Å². The molecule has 1 aliphatic rings. The molecule has 1 aliphatic carbocycles. The lowest BCUT2D eigenvalue weighted by molar-refractivity contribution is 0.0939. The van der Waals surface area contributed by atoms with Crippen molar-refractivity contribution in [1.82, 2.24) is 24.8 Å². The van der Waals surface area contributed by atoms with Crippen molar-refractivity contribution in [2.45, 2.75) is 31.9 Å². The topological polar surface area (TPSA) is 81.9 Å². The zero-order valence-electron chi connectivity index (χ0n) is 18.4. The minimum absolute atomic E-state index is 0.180. The maximum Gasteiger partial charge on any atom is 0.275 e. The van der Waals surface area contributed by atoms with Crippen LogP contribution in [-0.2, 0) is 20.2 Å². The first-order valence-electron chi connectivity index (χ1n) is 11.1. The Labute approximate surface area is 192 Å². The van der Waals surface area contributed by atoms with Gasteiger partial charge in [0, 0.05) is 31.3 Å². The average molecular weight is 440 g/mol. The van der Waals surface area contributed by atoms with E-state index >= 15 is 0 Å². The summed E-state index contributed by atoms with van der Waals surface area (Å²) in [4.78, 5) is 26.7. The summed E-state index contributed by atoms with van der Waals surface area (Å²) in [7, 11) is 1.92. The van der Waals surface area contributed by atoms with Gasteiger partial charge >= 0.3 is 0 Å². The Kier molecular flexibility index (Phi) is 5.85. The SMILES string of the molecule is Cn1cc(-c2ccccc2)nc1COc1ncc(C2CC2)nc1C(=O)NCc1ccccc1. The Morgan fingerprint density at radius 1 is 1.06 bits per heavy atom. The Bertz CT molecular complexity index is 1250. The molecule has 1 saturated carbocycles. The van der Waals surface area contributed by atoms with Gasteiger partial charge in [-0.25, -0.2) is 15.0 Å². The number of aromatic nitrogens is 4. The van der Waals surface area contributed by atoms with E-state index in [9.17, 15) is 4.79 Å². The number of hydrogen-bond donors (Lipinski definition) is 1. The summed E-state index contributed by atoms with van der Waals surface area (Å²) in [5.74, 6) is 1.04. The normalized spacial score (nSPS) is 13.0. The lowest BCUT2D eigenvalue weighted by Crippen LogP contribution is -2.25. The van der Waals surface area contributed by atoms with Crippen molar-refractivity contribution in [2.75, 3.05) is 0 Å². The summed E-state index contributed by atoms with van der Waals surface area (Å²) in [6.07, 6.45) is 5.84. The Hall–Kier alpha value is -4.00. The minimum Gasteiger partial charge on any atom is -0.468 e. The van der Waals surface area contributed by atoms with E-state index in [4.69, 9.17) is 9.72 Å². The van der Waals surface area contributed by atoms with Crippen molar-refractivity contribution >= 4 is 5.91 Å². The van der Waals surface area contributed by atoms with Crippen LogP contribution in [0.25, 0.3) is 11.3 Å². The molecule has 2 aromatic heterocycles. The third-order valence-corrected chi connectivity index (χ3v) is 5.64. The van der Waals surface area contributed by atoms with E-state index in [0.29, 0.717) is 12.5 Å². The van der Waals surface area contributed by atoms with Crippen LogP contribution in [-0.4, -0.2) is 25.4 Å². The number of carbonyl (C=O) groups excluding carboxylic acids is 1. The van der Waals surface area contributed by atoms with Crippen molar-refractivity contribution in [2.24, 2.45) is 7.05 Å². The third kappa shape index (κ3) is 4.92. The number of nitrogens with one attached hydrogen (secondary N) is 1. The molecule has 0 bridgehead atoms. The standard InChI is InChI=1S/C26H25N5O2/c1-31-16-22(19-10-6-3-7-11-19)29-23(31)17-33-26-24(30-21(15-28-26)20-12-13-20)25(32)27-14-18-8-4-2-5-9-18/h2-11,15-16,20H,12-14,17H2,1H3,(H,27,32). The fourth-order valence-corrected chi connectivity index (χ4v) is 3.60. The summed E-state index contributed by atoms with van der Waals surface area (Å²) in [5, 5.41) is 2.94. The van der Waals surface area contributed by atoms with Crippen LogP contribution in [0.2, 0.25) is 0 Å². The van der Waals surface area contributed by atoms with E-state index in [-0.39, 0.29) is 24.1 Å². The molecule has 7 heteroatoms. The van der Waals surface area contributed by atoms with E-state index in [1.165, 1.54) is 0 Å². The molecule has 4 aromatic rings. The fourth-order valence-electron chi connectivity index (χ4n) is 3.60. The molecule has 2 heterocycles. The number of benzene rings is 2. The average Bonchev–Trinajstić information content (AvgIpc) is 3.65. The molecule has 33 heavy (non-hydrogen) atoms. The van der Waals surface area contributed by atoms with Crippen molar-refractivity contribution in [3.63, 3.8) is 0 Å². The van der Waals surface area contributed by atoms with Gasteiger partial charge in [-0.15, -0.1) is 0 Å². The number of amides is 1. The largest absolute Gasteiger partial charge is 0.468 e. The van der Waals surface area contributed by atoms with Gasteiger partial charge in [-0.3, -0.25) is 4.79 Å². The number of nitrogens with zero attached hydrogens (tertiary/aromatic N) is 4. The molecular formula is C26H25N5O2. The second-order valence-corrected chi connectivity index (χ2v) is 8.20. The molecule has 0 radical (unpaired) electrons. The predicted octanol–water partition coefficient (Wildman–Crippen LogP) is 4.26. The summed E-state index contributed by atoms with van der Waals surface area (Å²) < 4.78 is 7.88. The van der Waals surface area contributed by atoms with Gasteiger partial charge < -0.3 is 14.6 Å². The molecule has 0 unspecified atom stereocenters. The Balaban J connectivity index is 1.33. The fraction of sp³-hybridized carbons (Fsp3) is 0.231. The molecule has 0 atom stereocenters.